The van der Waals surface area contributed by atoms with E-state index in [0.29, 0.717) is 22.2 Å². The number of rotatable bonds is 4. The van der Waals surface area contributed by atoms with Gasteiger partial charge in [0.25, 0.3) is 0 Å². The number of nitrogens with zero attached hydrogens (tertiary/aromatic N) is 1. The molecule has 0 spiro atoms. The van der Waals surface area contributed by atoms with E-state index in [0.717, 1.165) is 0 Å². The number of primary sulfonamides is 1. The second-order valence-corrected chi connectivity index (χ2v) is 6.83. The highest BCUT2D eigenvalue weighted by Crippen LogP contribution is 2.39. The molecular formula is C12H15ClN2O5S. The number of methoxy groups -OCH3 is 2. The number of amides is 1. The first-order chi connectivity index (χ1) is 9.77. The van der Waals surface area contributed by atoms with Crippen LogP contribution in [0.15, 0.2) is 12.1 Å². The van der Waals surface area contributed by atoms with E-state index >= 15 is 0 Å². The topological polar surface area (TPSA) is 98.9 Å². The number of nitrogens with two attached hydrogens (primary N) is 1. The van der Waals surface area contributed by atoms with Crippen molar-refractivity contribution in [2.75, 3.05) is 25.7 Å². The summed E-state index contributed by atoms with van der Waals surface area (Å²) in [4.78, 5) is 13.4. The maximum Gasteiger partial charge on any atom is 0.228 e. The number of carbonyl (C=O) groups excluding carboxylic acids is 1. The maximum absolute atomic E-state index is 12.1. The van der Waals surface area contributed by atoms with Gasteiger partial charge in [-0.1, -0.05) is 11.6 Å². The Hall–Kier alpha value is -1.51. The van der Waals surface area contributed by atoms with Gasteiger partial charge < -0.3 is 14.4 Å². The standard InChI is InChI=1S/C12H15ClN2O5S/c1-19-10-5-9(11(20-2)4-8(10)13)15-6-7(3-12(15)16)21(14,17)18/h4-5,7H,3,6H2,1-2H3,(H2,14,17,18). The molecule has 7 nitrogen and oxygen atoms in total. The molecule has 0 saturated carbocycles. The zero-order valence-corrected chi connectivity index (χ0v) is 13.1. The smallest absolute Gasteiger partial charge is 0.228 e. The third-order valence-corrected chi connectivity index (χ3v) is 4.84. The third-order valence-electron chi connectivity index (χ3n) is 3.30. The van der Waals surface area contributed by atoms with Crippen LogP contribution < -0.4 is 19.5 Å². The van der Waals surface area contributed by atoms with Crippen LogP contribution >= 0.6 is 11.6 Å². The monoisotopic (exact) mass is 334 g/mol. The quantitative estimate of drug-likeness (QED) is 0.876. The van der Waals surface area contributed by atoms with Gasteiger partial charge >= 0.3 is 0 Å². The first kappa shape index (κ1) is 15.9. The molecule has 1 aliphatic rings. The molecule has 0 bridgehead atoms. The van der Waals surface area contributed by atoms with Crippen molar-refractivity contribution in [3.8, 4) is 11.5 Å². The minimum atomic E-state index is -3.78. The molecule has 0 aromatic heterocycles. The lowest BCUT2D eigenvalue weighted by Gasteiger charge is -2.20. The lowest BCUT2D eigenvalue weighted by atomic mass is 10.2. The van der Waals surface area contributed by atoms with E-state index in [-0.39, 0.29) is 18.9 Å². The first-order valence-corrected chi connectivity index (χ1v) is 8.00. The number of hydrogen-bond donors (Lipinski definition) is 1. The van der Waals surface area contributed by atoms with Crippen molar-refractivity contribution in [1.82, 2.24) is 0 Å². The molecule has 1 aromatic carbocycles. The molecule has 9 heteroatoms. The van der Waals surface area contributed by atoms with E-state index in [9.17, 15) is 13.2 Å². The fourth-order valence-electron chi connectivity index (χ4n) is 2.18. The second kappa shape index (κ2) is 5.70. The van der Waals surface area contributed by atoms with E-state index in [1.54, 1.807) is 0 Å². The summed E-state index contributed by atoms with van der Waals surface area (Å²) < 4.78 is 33.1. The van der Waals surface area contributed by atoms with Crippen LogP contribution in [0.1, 0.15) is 6.42 Å². The van der Waals surface area contributed by atoms with Crippen LogP contribution in [0.5, 0.6) is 11.5 Å². The maximum atomic E-state index is 12.1. The van der Waals surface area contributed by atoms with Crippen LogP contribution in [-0.2, 0) is 14.8 Å². The van der Waals surface area contributed by atoms with Crippen molar-refractivity contribution in [2.45, 2.75) is 11.7 Å². The van der Waals surface area contributed by atoms with Crippen LogP contribution in [-0.4, -0.2) is 40.3 Å². The van der Waals surface area contributed by atoms with Gasteiger partial charge in [-0.2, -0.15) is 0 Å². The lowest BCUT2D eigenvalue weighted by Crippen LogP contribution is -2.32. The molecule has 1 unspecified atom stereocenters. The van der Waals surface area contributed by atoms with Gasteiger partial charge in [0.15, 0.2) is 0 Å². The average Bonchev–Trinajstić information content (AvgIpc) is 2.80. The number of benzene rings is 1. The van der Waals surface area contributed by atoms with E-state index in [1.807, 2.05) is 0 Å². The summed E-state index contributed by atoms with van der Waals surface area (Å²) in [5.41, 5.74) is 0.398. The Morgan fingerprint density at radius 2 is 1.90 bits per heavy atom. The van der Waals surface area contributed by atoms with Crippen LogP contribution in [0.3, 0.4) is 0 Å². The minimum absolute atomic E-state index is 0.0290. The van der Waals surface area contributed by atoms with Gasteiger partial charge in [0.1, 0.15) is 16.7 Å². The highest BCUT2D eigenvalue weighted by atomic mass is 35.5. The molecule has 1 aliphatic heterocycles. The molecule has 116 valence electrons. The Balaban J connectivity index is 2.44. The normalized spacial score (nSPS) is 19.0. The summed E-state index contributed by atoms with van der Waals surface area (Å²) in [5, 5.41) is 4.50. The molecule has 2 rings (SSSR count). The number of anilines is 1. The summed E-state index contributed by atoms with van der Waals surface area (Å²) in [5.74, 6) is 0.361. The lowest BCUT2D eigenvalue weighted by molar-refractivity contribution is -0.117. The van der Waals surface area contributed by atoms with Gasteiger partial charge in [-0.3, -0.25) is 4.79 Å². The van der Waals surface area contributed by atoms with E-state index in [2.05, 4.69) is 0 Å². The fourth-order valence-corrected chi connectivity index (χ4v) is 3.15. The molecule has 1 amide bonds. The largest absolute Gasteiger partial charge is 0.495 e. The van der Waals surface area contributed by atoms with Crippen molar-refractivity contribution in [3.05, 3.63) is 17.2 Å². The van der Waals surface area contributed by atoms with Crippen LogP contribution in [0.4, 0.5) is 5.69 Å². The SMILES string of the molecule is COc1cc(N2CC(S(N)(=O)=O)CC2=O)c(OC)cc1Cl. The summed E-state index contributed by atoms with van der Waals surface area (Å²) in [7, 11) is -0.910. The summed E-state index contributed by atoms with van der Waals surface area (Å²) >= 11 is 6.00. The van der Waals surface area contributed by atoms with Crippen molar-refractivity contribution in [2.24, 2.45) is 5.14 Å². The van der Waals surface area contributed by atoms with Crippen molar-refractivity contribution in [3.63, 3.8) is 0 Å². The minimum Gasteiger partial charge on any atom is -0.495 e. The van der Waals surface area contributed by atoms with Gasteiger partial charge in [-0.25, -0.2) is 13.6 Å². The molecule has 2 N–H and O–H groups in total. The van der Waals surface area contributed by atoms with E-state index in [1.165, 1.54) is 31.3 Å². The van der Waals surface area contributed by atoms with Crippen LogP contribution in [0.2, 0.25) is 5.02 Å². The molecule has 0 radical (unpaired) electrons. The molecule has 21 heavy (non-hydrogen) atoms. The van der Waals surface area contributed by atoms with E-state index in [4.69, 9.17) is 26.2 Å². The predicted molar refractivity (Wildman–Crippen MR) is 78.4 cm³/mol. The molecule has 1 fully saturated rings. The molecule has 1 saturated heterocycles. The van der Waals surface area contributed by atoms with Crippen molar-refractivity contribution >= 4 is 33.2 Å². The number of halogens is 1. The summed E-state index contributed by atoms with van der Waals surface area (Å²) in [6.45, 7) is -0.0290. The number of ether oxygens (including phenoxy) is 2. The van der Waals surface area contributed by atoms with Crippen LogP contribution in [0, 0.1) is 0 Å². The molecule has 1 aromatic rings. The zero-order valence-electron chi connectivity index (χ0n) is 11.5. The average molecular weight is 335 g/mol. The summed E-state index contributed by atoms with van der Waals surface area (Å²) in [6.07, 6.45) is -0.160. The van der Waals surface area contributed by atoms with E-state index < -0.39 is 15.3 Å². The van der Waals surface area contributed by atoms with Gasteiger partial charge in [-0.15, -0.1) is 0 Å². The number of carbonyl (C=O) groups is 1. The molecule has 0 aliphatic carbocycles. The van der Waals surface area contributed by atoms with Gasteiger partial charge in [0, 0.05) is 25.1 Å². The second-order valence-electron chi connectivity index (χ2n) is 4.58. The molecule has 1 heterocycles. The first-order valence-electron chi connectivity index (χ1n) is 6.01. The fraction of sp³-hybridized carbons (Fsp3) is 0.417. The van der Waals surface area contributed by atoms with Crippen molar-refractivity contribution < 1.29 is 22.7 Å². The van der Waals surface area contributed by atoms with Gasteiger partial charge in [0.2, 0.25) is 15.9 Å². The van der Waals surface area contributed by atoms with Gasteiger partial charge in [0.05, 0.1) is 24.9 Å². The Kier molecular flexibility index (Phi) is 4.31. The zero-order chi connectivity index (χ0) is 15.8. The number of sulfonamides is 1. The molecule has 1 atom stereocenters. The predicted octanol–water partition coefficient (Wildman–Crippen LogP) is 0.751. The van der Waals surface area contributed by atoms with Gasteiger partial charge in [-0.05, 0) is 0 Å². The Morgan fingerprint density at radius 3 is 2.38 bits per heavy atom. The Bertz CT molecular complexity index is 676. The Morgan fingerprint density at radius 1 is 1.29 bits per heavy atom. The third kappa shape index (κ3) is 3.07. The highest BCUT2D eigenvalue weighted by molar-refractivity contribution is 7.89. The van der Waals surface area contributed by atoms with Crippen molar-refractivity contribution in [1.29, 1.82) is 0 Å². The van der Waals surface area contributed by atoms with Crippen LogP contribution in [0.25, 0.3) is 0 Å². The summed E-state index contributed by atoms with van der Waals surface area (Å²) in [6, 6.07) is 3.04. The number of hydrogen-bond acceptors (Lipinski definition) is 5. The molecular weight excluding hydrogens is 320 g/mol. The Labute approximate surface area is 127 Å². The highest BCUT2D eigenvalue weighted by Gasteiger charge is 2.38.